The number of methoxy groups -OCH3 is 1. The van der Waals surface area contributed by atoms with Crippen LogP contribution in [0.3, 0.4) is 0 Å². The Balaban J connectivity index is 2.06. The van der Waals surface area contributed by atoms with Crippen molar-refractivity contribution in [2.24, 2.45) is 0 Å². The van der Waals surface area contributed by atoms with Crippen LogP contribution in [0.15, 0.2) is 48.5 Å². The second kappa shape index (κ2) is 6.62. The lowest BCUT2D eigenvalue weighted by molar-refractivity contribution is 0.0963. The van der Waals surface area contributed by atoms with E-state index in [0.29, 0.717) is 12.2 Å². The number of carbonyl (C=O) groups is 1. The van der Waals surface area contributed by atoms with Crippen LogP contribution < -0.4 is 5.32 Å². The standard InChI is InChI=1S/C18H19N3O2/c1-19-18(22)14-9-7-13(8-10-14)17-20-15-5-3-4-6-16(15)21(17)11-12-23-2/h3-10H,11-12H2,1-2H3,(H,19,22). The van der Waals surface area contributed by atoms with Gasteiger partial charge < -0.3 is 14.6 Å². The summed E-state index contributed by atoms with van der Waals surface area (Å²) < 4.78 is 7.37. The summed E-state index contributed by atoms with van der Waals surface area (Å²) in [6.45, 7) is 1.34. The van der Waals surface area contributed by atoms with Gasteiger partial charge in [0.15, 0.2) is 0 Å². The lowest BCUT2D eigenvalue weighted by Crippen LogP contribution is -2.17. The number of carbonyl (C=O) groups excluding carboxylic acids is 1. The average Bonchev–Trinajstić information content (AvgIpc) is 2.98. The molecule has 1 aromatic heterocycles. The molecule has 1 amide bonds. The van der Waals surface area contributed by atoms with Crippen LogP contribution in [0.4, 0.5) is 0 Å². The van der Waals surface area contributed by atoms with Crippen molar-refractivity contribution < 1.29 is 9.53 Å². The highest BCUT2D eigenvalue weighted by Gasteiger charge is 2.12. The quantitative estimate of drug-likeness (QED) is 0.788. The molecule has 2 aromatic carbocycles. The number of nitrogens with zero attached hydrogens (tertiary/aromatic N) is 2. The van der Waals surface area contributed by atoms with Crippen molar-refractivity contribution in [2.75, 3.05) is 20.8 Å². The fraction of sp³-hybridized carbons (Fsp3) is 0.222. The SMILES string of the molecule is CNC(=O)c1ccc(-c2nc3ccccc3n2CCOC)cc1. The summed E-state index contributed by atoms with van der Waals surface area (Å²) in [6, 6.07) is 15.5. The van der Waals surface area contributed by atoms with Gasteiger partial charge in [0.05, 0.1) is 17.6 Å². The van der Waals surface area contributed by atoms with E-state index in [1.807, 2.05) is 42.5 Å². The Kier molecular flexibility index (Phi) is 4.39. The minimum atomic E-state index is -0.0931. The van der Waals surface area contributed by atoms with Crippen LogP contribution in [0.2, 0.25) is 0 Å². The molecule has 0 aliphatic carbocycles. The summed E-state index contributed by atoms with van der Waals surface area (Å²) in [6.07, 6.45) is 0. The maximum atomic E-state index is 11.7. The van der Waals surface area contributed by atoms with Crippen molar-refractivity contribution in [3.63, 3.8) is 0 Å². The highest BCUT2D eigenvalue weighted by molar-refractivity contribution is 5.94. The number of benzene rings is 2. The topological polar surface area (TPSA) is 56.2 Å². The summed E-state index contributed by atoms with van der Waals surface area (Å²) >= 11 is 0. The van der Waals surface area contributed by atoms with Crippen molar-refractivity contribution >= 4 is 16.9 Å². The van der Waals surface area contributed by atoms with Gasteiger partial charge >= 0.3 is 0 Å². The monoisotopic (exact) mass is 309 g/mol. The van der Waals surface area contributed by atoms with Gasteiger partial charge in [-0.2, -0.15) is 0 Å². The number of nitrogens with one attached hydrogen (secondary N) is 1. The molecule has 5 heteroatoms. The minimum Gasteiger partial charge on any atom is -0.383 e. The van der Waals surface area contributed by atoms with Crippen molar-refractivity contribution in [1.29, 1.82) is 0 Å². The normalized spacial score (nSPS) is 10.9. The Morgan fingerprint density at radius 2 is 1.91 bits per heavy atom. The maximum absolute atomic E-state index is 11.7. The molecule has 23 heavy (non-hydrogen) atoms. The molecule has 0 aliphatic rings. The predicted molar refractivity (Wildman–Crippen MR) is 90.4 cm³/mol. The Labute approximate surface area is 134 Å². The number of ether oxygens (including phenoxy) is 1. The first kappa shape index (κ1) is 15.2. The molecule has 118 valence electrons. The average molecular weight is 309 g/mol. The van der Waals surface area contributed by atoms with E-state index in [0.717, 1.165) is 29.0 Å². The van der Waals surface area contributed by atoms with Gasteiger partial charge in [0, 0.05) is 31.8 Å². The molecule has 3 rings (SSSR count). The molecule has 0 atom stereocenters. The van der Waals surface area contributed by atoms with Gasteiger partial charge in [-0.15, -0.1) is 0 Å². The first-order valence-electron chi connectivity index (χ1n) is 7.51. The van der Waals surface area contributed by atoms with Crippen LogP contribution in [0.25, 0.3) is 22.4 Å². The summed E-state index contributed by atoms with van der Waals surface area (Å²) in [5.74, 6) is 0.788. The van der Waals surface area contributed by atoms with Crippen molar-refractivity contribution in [3.8, 4) is 11.4 Å². The van der Waals surface area contributed by atoms with E-state index in [4.69, 9.17) is 9.72 Å². The van der Waals surface area contributed by atoms with Crippen LogP contribution in [0.1, 0.15) is 10.4 Å². The summed E-state index contributed by atoms with van der Waals surface area (Å²) in [5, 5.41) is 2.62. The fourth-order valence-corrected chi connectivity index (χ4v) is 2.62. The van der Waals surface area contributed by atoms with Gasteiger partial charge in [-0.25, -0.2) is 4.98 Å². The van der Waals surface area contributed by atoms with Crippen LogP contribution in [-0.2, 0) is 11.3 Å². The van der Waals surface area contributed by atoms with E-state index >= 15 is 0 Å². The van der Waals surface area contributed by atoms with E-state index in [9.17, 15) is 4.79 Å². The lowest BCUT2D eigenvalue weighted by atomic mass is 10.1. The Bertz CT molecular complexity index is 822. The van der Waals surface area contributed by atoms with E-state index in [2.05, 4.69) is 16.0 Å². The summed E-state index contributed by atoms with van der Waals surface area (Å²) in [7, 11) is 3.32. The Morgan fingerprint density at radius 3 is 2.61 bits per heavy atom. The number of hydrogen-bond acceptors (Lipinski definition) is 3. The molecule has 0 radical (unpaired) electrons. The van der Waals surface area contributed by atoms with Gasteiger partial charge in [-0.3, -0.25) is 4.79 Å². The first-order valence-corrected chi connectivity index (χ1v) is 7.51. The van der Waals surface area contributed by atoms with Gasteiger partial charge in [0.25, 0.3) is 5.91 Å². The Hall–Kier alpha value is -2.66. The zero-order valence-electron chi connectivity index (χ0n) is 13.2. The number of hydrogen-bond donors (Lipinski definition) is 1. The van der Waals surface area contributed by atoms with Gasteiger partial charge in [0.2, 0.25) is 0 Å². The zero-order valence-corrected chi connectivity index (χ0v) is 13.2. The van der Waals surface area contributed by atoms with E-state index in [1.165, 1.54) is 0 Å². The van der Waals surface area contributed by atoms with E-state index < -0.39 is 0 Å². The third kappa shape index (κ3) is 2.96. The van der Waals surface area contributed by atoms with Crippen molar-refractivity contribution in [3.05, 3.63) is 54.1 Å². The second-order valence-electron chi connectivity index (χ2n) is 5.23. The minimum absolute atomic E-state index is 0.0931. The van der Waals surface area contributed by atoms with Gasteiger partial charge in [-0.1, -0.05) is 24.3 Å². The predicted octanol–water partition coefficient (Wildman–Crippen LogP) is 2.71. The fourth-order valence-electron chi connectivity index (χ4n) is 2.62. The third-order valence-electron chi connectivity index (χ3n) is 3.81. The van der Waals surface area contributed by atoms with E-state index in [1.54, 1.807) is 14.2 Å². The number of aromatic nitrogens is 2. The Morgan fingerprint density at radius 1 is 1.17 bits per heavy atom. The van der Waals surface area contributed by atoms with E-state index in [-0.39, 0.29) is 5.91 Å². The van der Waals surface area contributed by atoms with Crippen LogP contribution >= 0.6 is 0 Å². The molecule has 0 aliphatic heterocycles. The second-order valence-corrected chi connectivity index (χ2v) is 5.23. The third-order valence-corrected chi connectivity index (χ3v) is 3.81. The number of fused-ring (bicyclic) bond motifs is 1. The number of amides is 1. The van der Waals surface area contributed by atoms with Crippen LogP contribution in [-0.4, -0.2) is 36.2 Å². The lowest BCUT2D eigenvalue weighted by Gasteiger charge is -2.09. The molecule has 5 nitrogen and oxygen atoms in total. The highest BCUT2D eigenvalue weighted by Crippen LogP contribution is 2.25. The van der Waals surface area contributed by atoms with Crippen molar-refractivity contribution in [1.82, 2.24) is 14.9 Å². The number of imidazole rings is 1. The molecule has 0 fully saturated rings. The molecule has 1 heterocycles. The molecule has 0 bridgehead atoms. The molecular formula is C18H19N3O2. The van der Waals surface area contributed by atoms with Gasteiger partial charge in [0.1, 0.15) is 5.82 Å². The van der Waals surface area contributed by atoms with Gasteiger partial charge in [-0.05, 0) is 24.3 Å². The molecule has 0 saturated heterocycles. The zero-order chi connectivity index (χ0) is 16.2. The number of rotatable bonds is 5. The molecule has 0 spiro atoms. The first-order chi connectivity index (χ1) is 11.2. The molecule has 0 saturated carbocycles. The van der Waals surface area contributed by atoms with Crippen LogP contribution in [0.5, 0.6) is 0 Å². The van der Waals surface area contributed by atoms with Crippen molar-refractivity contribution in [2.45, 2.75) is 6.54 Å². The van der Waals surface area contributed by atoms with Crippen LogP contribution in [0, 0.1) is 0 Å². The summed E-state index contributed by atoms with van der Waals surface area (Å²) in [5.41, 5.74) is 3.64. The largest absolute Gasteiger partial charge is 0.383 e. The number of para-hydroxylation sites is 2. The molecule has 0 unspecified atom stereocenters. The molecule has 1 N–H and O–H groups in total. The molecular weight excluding hydrogens is 290 g/mol. The summed E-state index contributed by atoms with van der Waals surface area (Å²) in [4.78, 5) is 16.4. The molecule has 3 aromatic rings. The highest BCUT2D eigenvalue weighted by atomic mass is 16.5. The maximum Gasteiger partial charge on any atom is 0.251 e. The smallest absolute Gasteiger partial charge is 0.251 e.